The Balaban J connectivity index is 1.77. The Labute approximate surface area is 220 Å². The molecule has 0 aliphatic carbocycles. The molecule has 0 aromatic heterocycles. The third-order valence-corrected chi connectivity index (χ3v) is 12.7. The van der Waals surface area contributed by atoms with Crippen LogP contribution < -0.4 is 13.6 Å². The quantitative estimate of drug-likeness (QED) is 0.275. The van der Waals surface area contributed by atoms with Crippen LogP contribution in [0.2, 0.25) is 0 Å². The first-order chi connectivity index (χ1) is 16.5. The van der Waals surface area contributed by atoms with E-state index in [0.717, 1.165) is 33.9 Å². The number of benzene rings is 3. The second-order valence-corrected chi connectivity index (χ2v) is 18.2. The molecule has 0 N–H and O–H groups in total. The van der Waals surface area contributed by atoms with Crippen LogP contribution in [0.1, 0.15) is 95.7 Å². The van der Waals surface area contributed by atoms with E-state index in [1.165, 1.54) is 16.7 Å². The summed E-state index contributed by atoms with van der Waals surface area (Å²) in [6.45, 7) is 15.8. The maximum absolute atomic E-state index is 7.77. The molecule has 0 unspecified atom stereocenters. The minimum atomic E-state index is -4.29. The Hall–Kier alpha value is -2.22. The van der Waals surface area contributed by atoms with Crippen LogP contribution in [0.5, 0.6) is 17.2 Å². The van der Waals surface area contributed by atoms with Gasteiger partial charge in [-0.25, -0.2) is 0 Å². The molecule has 5 heteroatoms. The van der Waals surface area contributed by atoms with Crippen LogP contribution in [0.15, 0.2) is 54.6 Å². The van der Waals surface area contributed by atoms with Crippen molar-refractivity contribution in [3.8, 4) is 17.2 Å². The van der Waals surface area contributed by atoms with Crippen LogP contribution >= 0.6 is 17.9 Å². The van der Waals surface area contributed by atoms with Crippen molar-refractivity contribution in [2.75, 3.05) is 0 Å². The molecule has 0 saturated carbocycles. The summed E-state index contributed by atoms with van der Waals surface area (Å²) in [5, 5.41) is -0.864. The standard InChI is InChI=1S/C31H36ClO3P/c1-28(2,3)19-10-13-25-22(16-19)31-23-17-20(29(4,5)6)11-14-26(23)34-36(31,32,33-25)35-27-15-12-21(18-24(27)31)30(7,8)9/h10-18H,1-9H3. The fourth-order valence-electron chi connectivity index (χ4n) is 5.85. The van der Waals surface area contributed by atoms with Gasteiger partial charge in [0.05, 0.1) is 0 Å². The zero-order chi connectivity index (χ0) is 26.1. The Morgan fingerprint density at radius 1 is 0.528 bits per heavy atom. The predicted octanol–water partition coefficient (Wildman–Crippen LogP) is 9.50. The van der Waals surface area contributed by atoms with E-state index in [-0.39, 0.29) is 16.2 Å². The fraction of sp³-hybridized carbons (Fsp3) is 0.419. The molecular weight excluding hydrogens is 487 g/mol. The number of rotatable bonds is 0. The van der Waals surface area contributed by atoms with Gasteiger partial charge in [-0.05, 0) is 0 Å². The molecule has 3 aromatic carbocycles. The molecule has 0 fully saturated rings. The third-order valence-electron chi connectivity index (χ3n) is 8.00. The van der Waals surface area contributed by atoms with Crippen molar-refractivity contribution in [3.05, 3.63) is 88.0 Å². The summed E-state index contributed by atoms with van der Waals surface area (Å²) >= 11 is 7.77. The summed E-state index contributed by atoms with van der Waals surface area (Å²) in [6.07, 6.45) is 0. The number of halogens is 1. The van der Waals surface area contributed by atoms with Crippen LogP contribution in [0.4, 0.5) is 0 Å². The summed E-state index contributed by atoms with van der Waals surface area (Å²) in [5.41, 5.74) is 6.68. The van der Waals surface area contributed by atoms with Gasteiger partial charge in [-0.2, -0.15) is 0 Å². The number of fused-ring (bicyclic) bond motifs is 3. The number of hydrogen-bond donors (Lipinski definition) is 0. The number of hydrogen-bond acceptors (Lipinski definition) is 3. The van der Waals surface area contributed by atoms with Crippen molar-refractivity contribution in [2.24, 2.45) is 0 Å². The van der Waals surface area contributed by atoms with Gasteiger partial charge in [-0.15, -0.1) is 0 Å². The molecule has 6 rings (SSSR count). The molecular formula is C31H36ClO3P. The van der Waals surface area contributed by atoms with Gasteiger partial charge >= 0.3 is 220 Å². The molecule has 3 aliphatic heterocycles. The first-order valence-corrected chi connectivity index (χ1v) is 15.7. The normalized spacial score (nSPS) is 23.6. The van der Waals surface area contributed by atoms with Gasteiger partial charge < -0.3 is 0 Å². The summed E-state index contributed by atoms with van der Waals surface area (Å²) in [4.78, 5) is 0. The molecule has 3 aromatic rings. The molecule has 0 saturated heterocycles. The summed E-state index contributed by atoms with van der Waals surface area (Å²) in [5.74, 6) is 2.23. The Morgan fingerprint density at radius 2 is 0.806 bits per heavy atom. The van der Waals surface area contributed by atoms with Crippen LogP contribution in [0, 0.1) is 0 Å². The summed E-state index contributed by atoms with van der Waals surface area (Å²) in [7, 11) is 0. The molecule has 3 aliphatic rings. The van der Waals surface area contributed by atoms with Crippen LogP contribution in [-0.4, -0.2) is 0 Å². The average molecular weight is 523 g/mol. The van der Waals surface area contributed by atoms with E-state index < -0.39 is 11.8 Å². The molecule has 190 valence electrons. The van der Waals surface area contributed by atoms with E-state index in [4.69, 9.17) is 24.8 Å². The average Bonchev–Trinajstić information content (AvgIpc) is 3.20. The van der Waals surface area contributed by atoms with E-state index in [2.05, 4.69) is 98.7 Å². The summed E-state index contributed by atoms with van der Waals surface area (Å²) in [6, 6.07) is 19.4. The first-order valence-electron chi connectivity index (χ1n) is 12.8. The predicted molar refractivity (Wildman–Crippen MR) is 150 cm³/mol. The minimum absolute atomic E-state index is 0.0396. The Kier molecular flexibility index (Phi) is 4.43. The molecule has 3 nitrogen and oxygen atoms in total. The topological polar surface area (TPSA) is 27.7 Å². The molecule has 0 amide bonds. The van der Waals surface area contributed by atoms with Crippen LogP contribution in [0.3, 0.4) is 0 Å². The van der Waals surface area contributed by atoms with Crippen molar-refractivity contribution < 1.29 is 13.6 Å². The van der Waals surface area contributed by atoms with E-state index in [0.29, 0.717) is 0 Å². The Bertz CT molecular complexity index is 1280. The molecule has 36 heavy (non-hydrogen) atoms. The van der Waals surface area contributed by atoms with Crippen molar-refractivity contribution in [3.63, 3.8) is 0 Å². The van der Waals surface area contributed by atoms with Gasteiger partial charge in [0.25, 0.3) is 0 Å². The molecule has 0 atom stereocenters. The van der Waals surface area contributed by atoms with E-state index >= 15 is 0 Å². The molecule has 0 radical (unpaired) electrons. The van der Waals surface area contributed by atoms with E-state index in [1.807, 2.05) is 18.2 Å². The van der Waals surface area contributed by atoms with Gasteiger partial charge in [0.1, 0.15) is 0 Å². The van der Waals surface area contributed by atoms with Crippen molar-refractivity contribution in [1.29, 1.82) is 0 Å². The molecule has 0 spiro atoms. The zero-order valence-corrected chi connectivity index (χ0v) is 24.4. The van der Waals surface area contributed by atoms with E-state index in [9.17, 15) is 0 Å². The second-order valence-electron chi connectivity index (χ2n) is 13.7. The van der Waals surface area contributed by atoms with Crippen LogP contribution in [-0.2, 0) is 21.4 Å². The van der Waals surface area contributed by atoms with Gasteiger partial charge in [-0.3, -0.25) is 0 Å². The zero-order valence-electron chi connectivity index (χ0n) is 22.7. The summed E-state index contributed by atoms with van der Waals surface area (Å²) < 4.78 is 20.3. The van der Waals surface area contributed by atoms with Crippen LogP contribution in [0.25, 0.3) is 0 Å². The monoisotopic (exact) mass is 522 g/mol. The van der Waals surface area contributed by atoms with Gasteiger partial charge in [0.2, 0.25) is 0 Å². The Morgan fingerprint density at radius 3 is 1.06 bits per heavy atom. The third kappa shape index (κ3) is 2.85. The molecule has 3 heterocycles. The first kappa shape index (κ1) is 24.1. The second kappa shape index (κ2) is 6.61. The molecule has 0 bridgehead atoms. The van der Waals surface area contributed by atoms with Gasteiger partial charge in [0.15, 0.2) is 0 Å². The van der Waals surface area contributed by atoms with Gasteiger partial charge in [0, 0.05) is 0 Å². The van der Waals surface area contributed by atoms with Crippen molar-refractivity contribution in [1.82, 2.24) is 0 Å². The SMILES string of the molecule is CC(C)(C)c1ccc2c(c1)C13c4cc(C(C)(C)C)ccc4OP1(Cl)(O2)Oc1ccc(C(C)(C)C)cc13. The fourth-order valence-corrected chi connectivity index (χ4v) is 11.0. The van der Waals surface area contributed by atoms with Gasteiger partial charge in [-0.1, -0.05) is 0 Å². The van der Waals surface area contributed by atoms with Crippen molar-refractivity contribution >= 4 is 17.9 Å². The van der Waals surface area contributed by atoms with Crippen molar-refractivity contribution in [2.45, 2.75) is 83.7 Å². The maximum atomic E-state index is 7.77. The van der Waals surface area contributed by atoms with E-state index in [1.54, 1.807) is 0 Å².